The summed E-state index contributed by atoms with van der Waals surface area (Å²) in [7, 11) is 0. The highest BCUT2D eigenvalue weighted by Crippen LogP contribution is 2.61. The van der Waals surface area contributed by atoms with Crippen LogP contribution in [0.3, 0.4) is 0 Å². The number of Topliss-reactive ketones (excluding diaryl/α,β-unsaturated/α-hetero) is 3. The summed E-state index contributed by atoms with van der Waals surface area (Å²) in [6, 6.07) is 16.5. The monoisotopic (exact) mass is 513 g/mol. The van der Waals surface area contributed by atoms with E-state index in [0.717, 1.165) is 11.3 Å². The minimum absolute atomic E-state index is 0.101. The van der Waals surface area contributed by atoms with Crippen LogP contribution >= 0.6 is 11.6 Å². The number of benzene rings is 3. The van der Waals surface area contributed by atoms with Crippen molar-refractivity contribution in [3.63, 3.8) is 0 Å². The van der Waals surface area contributed by atoms with E-state index in [1.807, 2.05) is 50.0 Å². The summed E-state index contributed by atoms with van der Waals surface area (Å²) < 4.78 is 14.1. The summed E-state index contributed by atoms with van der Waals surface area (Å²) in [4.78, 5) is 45.1. The van der Waals surface area contributed by atoms with Crippen LogP contribution in [0.1, 0.15) is 58.5 Å². The molecule has 0 saturated carbocycles. The summed E-state index contributed by atoms with van der Waals surface area (Å²) in [6.45, 7) is 5.52. The second kappa shape index (κ2) is 7.96. The number of carbonyl (C=O) groups is 3. The van der Waals surface area contributed by atoms with Gasteiger partial charge in [0.15, 0.2) is 17.3 Å². The highest BCUT2D eigenvalue weighted by Gasteiger charge is 2.71. The number of fused-ring (bicyclic) bond motifs is 5. The molecule has 3 atom stereocenters. The van der Waals surface area contributed by atoms with Crippen molar-refractivity contribution < 1.29 is 18.8 Å². The maximum atomic E-state index is 14.4. The van der Waals surface area contributed by atoms with Gasteiger partial charge in [0.1, 0.15) is 11.2 Å². The predicted octanol–water partition coefficient (Wildman–Crippen LogP) is 6.53. The number of nitrogens with zero attached hydrogens (tertiary/aromatic N) is 1. The number of hydrogen-bond acceptors (Lipinski definition) is 4. The van der Waals surface area contributed by atoms with E-state index in [4.69, 9.17) is 11.6 Å². The van der Waals surface area contributed by atoms with Crippen molar-refractivity contribution >= 4 is 40.7 Å². The van der Waals surface area contributed by atoms with Gasteiger partial charge in [0, 0.05) is 33.2 Å². The molecule has 1 spiro atoms. The number of carbonyl (C=O) groups excluding carboxylic acids is 3. The minimum atomic E-state index is -1.58. The summed E-state index contributed by atoms with van der Waals surface area (Å²) in [5.74, 6) is -1.97. The Kier molecular flexibility index (Phi) is 5.12. The number of rotatable bonds is 2. The fourth-order valence-corrected chi connectivity index (χ4v) is 6.62. The zero-order chi connectivity index (χ0) is 26.3. The molecule has 186 valence electrons. The maximum Gasteiger partial charge on any atom is 0.180 e. The Morgan fingerprint density at radius 1 is 0.946 bits per heavy atom. The molecule has 0 N–H and O–H groups in total. The van der Waals surface area contributed by atoms with Crippen LogP contribution in [0.5, 0.6) is 0 Å². The Bertz CT molecular complexity index is 1480. The van der Waals surface area contributed by atoms with Crippen molar-refractivity contribution in [2.24, 2.45) is 10.8 Å². The Labute approximate surface area is 219 Å². The maximum absolute atomic E-state index is 14.4. The predicted molar refractivity (Wildman–Crippen MR) is 142 cm³/mol. The van der Waals surface area contributed by atoms with Crippen molar-refractivity contribution in [2.45, 2.75) is 38.8 Å². The molecule has 0 bridgehead atoms. The Morgan fingerprint density at radius 3 is 2.16 bits per heavy atom. The first-order valence-corrected chi connectivity index (χ1v) is 12.7. The van der Waals surface area contributed by atoms with Gasteiger partial charge in [-0.05, 0) is 41.5 Å². The topological polar surface area (TPSA) is 54.5 Å². The molecular weight excluding hydrogens is 489 g/mol. The average Bonchev–Trinajstić information content (AvgIpc) is 3.29. The van der Waals surface area contributed by atoms with Gasteiger partial charge in [0.05, 0.1) is 12.1 Å². The molecule has 3 aromatic rings. The molecule has 0 amide bonds. The third kappa shape index (κ3) is 3.16. The van der Waals surface area contributed by atoms with E-state index < -0.39 is 34.6 Å². The largest absolute Gasteiger partial charge is 0.352 e. The van der Waals surface area contributed by atoms with E-state index in [-0.39, 0.29) is 17.3 Å². The number of halogens is 2. The molecule has 3 aliphatic rings. The molecule has 0 radical (unpaired) electrons. The first kappa shape index (κ1) is 23.8. The lowest BCUT2D eigenvalue weighted by Crippen LogP contribution is -2.49. The summed E-state index contributed by atoms with van der Waals surface area (Å²) >= 11 is 6.30. The van der Waals surface area contributed by atoms with Crippen LogP contribution < -0.4 is 4.90 Å². The van der Waals surface area contributed by atoms with E-state index in [1.165, 1.54) is 12.1 Å². The lowest BCUT2D eigenvalue weighted by molar-refractivity contribution is -0.127. The van der Waals surface area contributed by atoms with E-state index >= 15 is 0 Å². The van der Waals surface area contributed by atoms with E-state index in [0.29, 0.717) is 21.7 Å². The highest BCUT2D eigenvalue weighted by molar-refractivity contribution is 6.32. The molecule has 1 fully saturated rings. The van der Waals surface area contributed by atoms with Crippen molar-refractivity contribution in [3.05, 3.63) is 106 Å². The molecule has 6 rings (SSSR count). The molecule has 1 saturated heterocycles. The lowest BCUT2D eigenvalue weighted by Gasteiger charge is -2.38. The Morgan fingerprint density at radius 2 is 1.57 bits per heavy atom. The van der Waals surface area contributed by atoms with Crippen LogP contribution in [0.4, 0.5) is 10.1 Å². The quantitative estimate of drug-likeness (QED) is 0.366. The molecule has 6 heteroatoms. The van der Waals surface area contributed by atoms with Gasteiger partial charge in [0.25, 0.3) is 0 Å². The van der Waals surface area contributed by atoms with Gasteiger partial charge >= 0.3 is 0 Å². The van der Waals surface area contributed by atoms with E-state index in [1.54, 1.807) is 42.5 Å². The normalized spacial score (nSPS) is 23.3. The first-order chi connectivity index (χ1) is 17.6. The van der Waals surface area contributed by atoms with Gasteiger partial charge < -0.3 is 4.90 Å². The standard InChI is InChI=1S/C31H25ClFNO3/c1-30(2,3)29(37)26-25(17-8-12-20(33)13-9-17)31(27(35)21-6-4-5-7-22(21)28(31)36)24-15-10-18-16-19(32)11-14-23(18)34(24)26/h4-16,24-26H,1-3H3/t24?,25-,26+/m0/s1. The van der Waals surface area contributed by atoms with Crippen LogP contribution in [0, 0.1) is 16.6 Å². The third-order valence-corrected chi connectivity index (χ3v) is 8.24. The number of hydrogen-bond donors (Lipinski definition) is 0. The fraction of sp³-hybridized carbons (Fsp3) is 0.258. The molecule has 0 aromatic heterocycles. The molecule has 4 nitrogen and oxygen atoms in total. The first-order valence-electron chi connectivity index (χ1n) is 12.3. The zero-order valence-corrected chi connectivity index (χ0v) is 21.4. The number of anilines is 1. The molecule has 1 unspecified atom stereocenters. The van der Waals surface area contributed by atoms with Gasteiger partial charge in [-0.1, -0.05) is 80.9 Å². The van der Waals surface area contributed by atoms with Gasteiger partial charge in [-0.2, -0.15) is 0 Å². The molecule has 37 heavy (non-hydrogen) atoms. The molecular formula is C31H25ClFNO3. The summed E-state index contributed by atoms with van der Waals surface area (Å²) in [5, 5.41) is 0.546. The SMILES string of the molecule is CC(C)(C)C(=O)[C@H]1[C@H](c2ccc(F)cc2)C2(C(=O)c3ccccc3C2=O)C2C=Cc3cc(Cl)ccc3N21. The smallest absolute Gasteiger partial charge is 0.180 e. The summed E-state index contributed by atoms with van der Waals surface area (Å²) in [6.07, 6.45) is 3.73. The molecule has 2 heterocycles. The van der Waals surface area contributed by atoms with Crippen LogP contribution in [-0.2, 0) is 4.79 Å². The van der Waals surface area contributed by atoms with Crippen molar-refractivity contribution in [1.29, 1.82) is 0 Å². The molecule has 3 aromatic carbocycles. The zero-order valence-electron chi connectivity index (χ0n) is 20.7. The summed E-state index contributed by atoms with van der Waals surface area (Å²) in [5.41, 5.74) is 0.487. The second-order valence-electron chi connectivity index (χ2n) is 11.1. The third-order valence-electron chi connectivity index (χ3n) is 8.00. The van der Waals surface area contributed by atoms with Crippen LogP contribution in [0.15, 0.2) is 72.8 Å². The van der Waals surface area contributed by atoms with E-state index in [9.17, 15) is 18.8 Å². The van der Waals surface area contributed by atoms with Gasteiger partial charge in [0.2, 0.25) is 0 Å². The van der Waals surface area contributed by atoms with Crippen molar-refractivity contribution in [2.75, 3.05) is 4.90 Å². The van der Waals surface area contributed by atoms with Gasteiger partial charge in [-0.3, -0.25) is 14.4 Å². The second-order valence-corrected chi connectivity index (χ2v) is 11.5. The van der Waals surface area contributed by atoms with Crippen molar-refractivity contribution in [1.82, 2.24) is 0 Å². The Hall–Kier alpha value is -3.57. The van der Waals surface area contributed by atoms with Gasteiger partial charge in [-0.15, -0.1) is 0 Å². The number of ketones is 3. The lowest BCUT2D eigenvalue weighted by atomic mass is 9.63. The van der Waals surface area contributed by atoms with Crippen molar-refractivity contribution in [3.8, 4) is 0 Å². The fourth-order valence-electron chi connectivity index (χ4n) is 6.43. The van der Waals surface area contributed by atoms with Crippen LogP contribution in [0.2, 0.25) is 5.02 Å². The minimum Gasteiger partial charge on any atom is -0.352 e. The highest BCUT2D eigenvalue weighted by atomic mass is 35.5. The van der Waals surface area contributed by atoms with Crippen LogP contribution in [-0.4, -0.2) is 29.4 Å². The van der Waals surface area contributed by atoms with Crippen LogP contribution in [0.25, 0.3) is 6.08 Å². The molecule has 1 aliphatic carbocycles. The van der Waals surface area contributed by atoms with Gasteiger partial charge in [-0.25, -0.2) is 4.39 Å². The Balaban J connectivity index is 1.70. The molecule has 2 aliphatic heterocycles. The average molecular weight is 514 g/mol. The van der Waals surface area contributed by atoms with E-state index in [2.05, 4.69) is 0 Å².